The fourth-order valence-corrected chi connectivity index (χ4v) is 1.73. The Labute approximate surface area is 137 Å². The number of amides is 1. The lowest BCUT2D eigenvalue weighted by molar-refractivity contribution is -0.200. The summed E-state index contributed by atoms with van der Waals surface area (Å²) in [6.45, 7) is 14.2. The average molecular weight is 329 g/mol. The SMILES string of the molecule is C=CCC(C(C)=O)(C(=O)OC(C)(C)C)N(O)C(=O)OC(C)(C)C. The fourth-order valence-electron chi connectivity index (χ4n) is 1.73. The third kappa shape index (κ3) is 5.67. The lowest BCUT2D eigenvalue weighted by Crippen LogP contribution is -2.62. The number of ether oxygens (including phenoxy) is 2. The molecule has 0 heterocycles. The molecule has 0 aliphatic heterocycles. The molecule has 132 valence electrons. The first-order valence-electron chi connectivity index (χ1n) is 7.25. The van der Waals surface area contributed by atoms with Crippen LogP contribution in [-0.4, -0.2) is 44.9 Å². The highest BCUT2D eigenvalue weighted by Crippen LogP contribution is 2.27. The quantitative estimate of drug-likeness (QED) is 0.274. The van der Waals surface area contributed by atoms with Crippen molar-refractivity contribution in [3.8, 4) is 0 Å². The molecule has 0 aromatic rings. The van der Waals surface area contributed by atoms with E-state index < -0.39 is 34.6 Å². The van der Waals surface area contributed by atoms with E-state index in [4.69, 9.17) is 9.47 Å². The average Bonchev–Trinajstić information content (AvgIpc) is 2.30. The number of hydrogen-bond donors (Lipinski definition) is 1. The van der Waals surface area contributed by atoms with Crippen molar-refractivity contribution >= 4 is 17.8 Å². The van der Waals surface area contributed by atoms with Gasteiger partial charge in [-0.2, -0.15) is 5.06 Å². The Bertz CT molecular complexity index is 486. The number of carbonyl (C=O) groups is 3. The van der Waals surface area contributed by atoms with Crippen LogP contribution in [0.25, 0.3) is 0 Å². The minimum atomic E-state index is -2.24. The number of hydroxylamine groups is 2. The summed E-state index contributed by atoms with van der Waals surface area (Å²) in [7, 11) is 0. The first-order chi connectivity index (χ1) is 10.2. The molecule has 23 heavy (non-hydrogen) atoms. The van der Waals surface area contributed by atoms with E-state index in [1.54, 1.807) is 41.5 Å². The molecule has 0 saturated heterocycles. The van der Waals surface area contributed by atoms with E-state index in [0.29, 0.717) is 0 Å². The van der Waals surface area contributed by atoms with E-state index in [0.717, 1.165) is 6.92 Å². The van der Waals surface area contributed by atoms with Gasteiger partial charge in [-0.1, -0.05) is 6.08 Å². The van der Waals surface area contributed by atoms with Crippen LogP contribution in [0.1, 0.15) is 54.9 Å². The Morgan fingerprint density at radius 1 is 1.04 bits per heavy atom. The smallest absolute Gasteiger partial charge is 0.435 e. The van der Waals surface area contributed by atoms with Gasteiger partial charge in [0, 0.05) is 6.42 Å². The zero-order valence-corrected chi connectivity index (χ0v) is 14.9. The van der Waals surface area contributed by atoms with Gasteiger partial charge in [-0.15, -0.1) is 6.58 Å². The van der Waals surface area contributed by atoms with Crippen LogP contribution >= 0.6 is 0 Å². The van der Waals surface area contributed by atoms with Crippen LogP contribution in [0.2, 0.25) is 0 Å². The Kier molecular flexibility index (Phi) is 6.54. The summed E-state index contributed by atoms with van der Waals surface area (Å²) in [6, 6.07) is 0. The molecular formula is C16H27NO6. The van der Waals surface area contributed by atoms with Gasteiger partial charge >= 0.3 is 12.1 Å². The largest absolute Gasteiger partial charge is 0.458 e. The Balaban J connectivity index is 5.85. The molecule has 0 aromatic carbocycles. The Morgan fingerprint density at radius 3 is 1.78 bits per heavy atom. The molecular weight excluding hydrogens is 302 g/mol. The molecule has 0 saturated carbocycles. The van der Waals surface area contributed by atoms with Crippen LogP contribution in [0.5, 0.6) is 0 Å². The van der Waals surface area contributed by atoms with Crippen molar-refractivity contribution in [2.24, 2.45) is 0 Å². The molecule has 1 atom stereocenters. The number of ketones is 1. The van der Waals surface area contributed by atoms with Gasteiger partial charge in [0.25, 0.3) is 0 Å². The van der Waals surface area contributed by atoms with E-state index in [2.05, 4.69) is 6.58 Å². The van der Waals surface area contributed by atoms with Gasteiger partial charge < -0.3 is 9.47 Å². The minimum absolute atomic E-state index is 0.00363. The van der Waals surface area contributed by atoms with E-state index >= 15 is 0 Å². The van der Waals surface area contributed by atoms with Crippen molar-refractivity contribution in [3.63, 3.8) is 0 Å². The summed E-state index contributed by atoms with van der Waals surface area (Å²) in [5, 5.41) is 10.2. The predicted molar refractivity (Wildman–Crippen MR) is 83.9 cm³/mol. The second-order valence-electron chi connectivity index (χ2n) is 7.20. The maximum atomic E-state index is 12.5. The lowest BCUT2D eigenvalue weighted by atomic mass is 9.90. The number of rotatable bonds is 5. The topological polar surface area (TPSA) is 93.1 Å². The second kappa shape index (κ2) is 7.12. The normalized spacial score (nSPS) is 14.4. The Morgan fingerprint density at radius 2 is 1.48 bits per heavy atom. The van der Waals surface area contributed by atoms with Gasteiger partial charge in [0.1, 0.15) is 11.2 Å². The summed E-state index contributed by atoms with van der Waals surface area (Å²) < 4.78 is 10.2. The molecule has 1 N–H and O–H groups in total. The molecule has 1 unspecified atom stereocenters. The van der Waals surface area contributed by atoms with Crippen LogP contribution in [0.3, 0.4) is 0 Å². The third-order valence-electron chi connectivity index (χ3n) is 2.69. The number of esters is 1. The van der Waals surface area contributed by atoms with Crippen molar-refractivity contribution < 1.29 is 29.1 Å². The summed E-state index contributed by atoms with van der Waals surface area (Å²) in [5.41, 5.74) is -4.06. The summed E-state index contributed by atoms with van der Waals surface area (Å²) in [6.07, 6.45) is -0.285. The monoisotopic (exact) mass is 329 g/mol. The summed E-state index contributed by atoms with van der Waals surface area (Å²) in [4.78, 5) is 36.8. The lowest BCUT2D eigenvalue weighted by Gasteiger charge is -2.37. The van der Waals surface area contributed by atoms with Crippen LogP contribution in [0.15, 0.2) is 12.7 Å². The molecule has 0 aromatic heterocycles. The van der Waals surface area contributed by atoms with E-state index in [9.17, 15) is 19.6 Å². The van der Waals surface area contributed by atoms with Gasteiger partial charge in [0.05, 0.1) is 0 Å². The third-order valence-corrected chi connectivity index (χ3v) is 2.69. The number of carbonyl (C=O) groups excluding carboxylic acids is 3. The van der Waals surface area contributed by atoms with Crippen LogP contribution in [0.4, 0.5) is 4.79 Å². The van der Waals surface area contributed by atoms with E-state index in [1.165, 1.54) is 6.08 Å². The molecule has 0 aliphatic carbocycles. The van der Waals surface area contributed by atoms with Crippen molar-refractivity contribution in [2.45, 2.75) is 71.6 Å². The number of nitrogens with zero attached hydrogens (tertiary/aromatic N) is 1. The maximum absolute atomic E-state index is 12.5. The molecule has 7 heteroatoms. The number of hydrogen-bond acceptors (Lipinski definition) is 6. The van der Waals surface area contributed by atoms with Crippen molar-refractivity contribution in [3.05, 3.63) is 12.7 Å². The molecule has 0 fully saturated rings. The highest BCUT2D eigenvalue weighted by Gasteiger charge is 2.53. The predicted octanol–water partition coefficient (Wildman–Crippen LogP) is 2.86. The van der Waals surface area contributed by atoms with Crippen LogP contribution < -0.4 is 0 Å². The summed E-state index contributed by atoms with van der Waals surface area (Å²) >= 11 is 0. The van der Waals surface area contributed by atoms with E-state index in [1.807, 2.05) is 0 Å². The van der Waals surface area contributed by atoms with Crippen LogP contribution in [0, 0.1) is 0 Å². The van der Waals surface area contributed by atoms with Gasteiger partial charge in [-0.25, -0.2) is 9.59 Å². The zero-order valence-electron chi connectivity index (χ0n) is 14.9. The molecule has 0 aliphatic rings. The molecule has 7 nitrogen and oxygen atoms in total. The molecule has 0 rings (SSSR count). The highest BCUT2D eigenvalue weighted by atomic mass is 16.6. The van der Waals surface area contributed by atoms with Gasteiger partial charge in [-0.3, -0.25) is 10.0 Å². The number of Topliss-reactive ketones (excluding diaryl/α,β-unsaturated/α-hetero) is 1. The molecule has 1 amide bonds. The van der Waals surface area contributed by atoms with Gasteiger partial charge in [0.15, 0.2) is 5.78 Å². The first-order valence-corrected chi connectivity index (χ1v) is 7.25. The second-order valence-corrected chi connectivity index (χ2v) is 7.20. The van der Waals surface area contributed by atoms with Crippen molar-refractivity contribution in [2.75, 3.05) is 0 Å². The Hall–Kier alpha value is -1.89. The molecule has 0 spiro atoms. The zero-order chi connectivity index (χ0) is 18.6. The maximum Gasteiger partial charge on any atom is 0.435 e. The van der Waals surface area contributed by atoms with Crippen LogP contribution in [-0.2, 0) is 19.1 Å². The standard InChI is InChI=1S/C16H27NO6/c1-9-10-16(11(2)18,12(19)22-14(3,4)5)17(21)13(20)23-15(6,7)8/h9,21H,1,10H2,2-8H3. The van der Waals surface area contributed by atoms with E-state index in [-0.39, 0.29) is 11.5 Å². The fraction of sp³-hybridized carbons (Fsp3) is 0.688. The minimum Gasteiger partial charge on any atom is -0.458 e. The van der Waals surface area contributed by atoms with Crippen molar-refractivity contribution in [1.29, 1.82) is 0 Å². The van der Waals surface area contributed by atoms with Gasteiger partial charge in [0.2, 0.25) is 5.54 Å². The van der Waals surface area contributed by atoms with Gasteiger partial charge in [-0.05, 0) is 48.5 Å². The van der Waals surface area contributed by atoms with Crippen molar-refractivity contribution in [1.82, 2.24) is 5.06 Å². The summed E-state index contributed by atoms with van der Waals surface area (Å²) in [5.74, 6) is -1.81. The highest BCUT2D eigenvalue weighted by molar-refractivity contribution is 6.09. The first kappa shape index (κ1) is 21.1. The molecule has 0 radical (unpaired) electrons. The molecule has 0 bridgehead atoms.